The van der Waals surface area contributed by atoms with E-state index in [-0.39, 0.29) is 0 Å². The Hall–Kier alpha value is -1.30. The Morgan fingerprint density at radius 3 is 2.67 bits per heavy atom. The van der Waals surface area contributed by atoms with Gasteiger partial charge in [0, 0.05) is 13.1 Å². The third-order valence-electron chi connectivity index (χ3n) is 3.49. The molecule has 1 heterocycles. The molecule has 1 fully saturated rings. The van der Waals surface area contributed by atoms with Crippen molar-refractivity contribution in [3.8, 4) is 0 Å². The molecule has 1 unspecified atom stereocenters. The Morgan fingerprint density at radius 2 is 2.11 bits per heavy atom. The standard InChI is InChI=1S/C12H22N2O4/c1-2-9-4-3-6-14(7-5-9)12(18)13-10(8-15)11(16)17/h9-10,15H,2-8H2,1H3,(H,13,18)(H,16,17)/t9?,10-/m0/s1. The Balaban J connectivity index is 2.48. The second kappa shape index (κ2) is 7.20. The van der Waals surface area contributed by atoms with Crippen molar-refractivity contribution < 1.29 is 19.8 Å². The molecule has 6 nitrogen and oxygen atoms in total. The van der Waals surface area contributed by atoms with Gasteiger partial charge < -0.3 is 20.4 Å². The van der Waals surface area contributed by atoms with E-state index < -0.39 is 24.6 Å². The number of carboxylic acid groups (broad SMARTS) is 1. The minimum atomic E-state index is -1.22. The third kappa shape index (κ3) is 4.18. The summed E-state index contributed by atoms with van der Waals surface area (Å²) in [5.41, 5.74) is 0. The smallest absolute Gasteiger partial charge is 0.328 e. The number of aliphatic hydroxyl groups excluding tert-OH is 1. The van der Waals surface area contributed by atoms with E-state index in [1.807, 2.05) is 0 Å². The average Bonchev–Trinajstić information content (AvgIpc) is 2.60. The highest BCUT2D eigenvalue weighted by Crippen LogP contribution is 2.20. The number of likely N-dealkylation sites (tertiary alicyclic amines) is 1. The molecule has 2 amide bonds. The summed E-state index contributed by atoms with van der Waals surface area (Å²) >= 11 is 0. The van der Waals surface area contributed by atoms with E-state index in [1.54, 1.807) is 4.90 Å². The first-order valence-corrected chi connectivity index (χ1v) is 6.47. The summed E-state index contributed by atoms with van der Waals surface area (Å²) in [7, 11) is 0. The molecule has 0 spiro atoms. The molecule has 1 rings (SSSR count). The predicted molar refractivity (Wildman–Crippen MR) is 66.2 cm³/mol. The lowest BCUT2D eigenvalue weighted by molar-refractivity contribution is -0.140. The number of amides is 2. The Morgan fingerprint density at radius 1 is 1.39 bits per heavy atom. The van der Waals surface area contributed by atoms with Crippen LogP contribution in [0.3, 0.4) is 0 Å². The van der Waals surface area contributed by atoms with E-state index in [4.69, 9.17) is 10.2 Å². The second-order valence-electron chi connectivity index (χ2n) is 4.72. The van der Waals surface area contributed by atoms with Crippen LogP contribution in [0.1, 0.15) is 32.6 Å². The fourth-order valence-corrected chi connectivity index (χ4v) is 2.20. The molecule has 0 aromatic heterocycles. The van der Waals surface area contributed by atoms with Crippen molar-refractivity contribution in [2.45, 2.75) is 38.6 Å². The SMILES string of the molecule is CCC1CCCN(C(=O)N[C@@H](CO)C(=O)O)CC1. The average molecular weight is 258 g/mol. The van der Waals surface area contributed by atoms with Crippen LogP contribution in [0.4, 0.5) is 4.79 Å². The molecule has 0 aliphatic carbocycles. The van der Waals surface area contributed by atoms with E-state index in [1.165, 1.54) is 0 Å². The minimum Gasteiger partial charge on any atom is -0.480 e. The van der Waals surface area contributed by atoms with Crippen molar-refractivity contribution >= 4 is 12.0 Å². The molecule has 0 bridgehead atoms. The first-order chi connectivity index (χ1) is 8.58. The molecular weight excluding hydrogens is 236 g/mol. The van der Waals surface area contributed by atoms with Gasteiger partial charge in [-0.15, -0.1) is 0 Å². The zero-order valence-corrected chi connectivity index (χ0v) is 10.8. The van der Waals surface area contributed by atoms with Crippen LogP contribution in [0.25, 0.3) is 0 Å². The summed E-state index contributed by atoms with van der Waals surface area (Å²) in [6.07, 6.45) is 4.13. The Labute approximate surface area is 107 Å². The van der Waals surface area contributed by atoms with Gasteiger partial charge in [0.25, 0.3) is 0 Å². The molecule has 1 aliphatic heterocycles. The number of nitrogens with zero attached hydrogens (tertiary/aromatic N) is 1. The lowest BCUT2D eigenvalue weighted by Crippen LogP contribution is -2.49. The van der Waals surface area contributed by atoms with Gasteiger partial charge in [-0.2, -0.15) is 0 Å². The number of carbonyl (C=O) groups excluding carboxylic acids is 1. The molecule has 0 radical (unpaired) electrons. The van der Waals surface area contributed by atoms with Crippen LogP contribution in [0.15, 0.2) is 0 Å². The van der Waals surface area contributed by atoms with Gasteiger partial charge in [0.05, 0.1) is 6.61 Å². The molecule has 0 aromatic carbocycles. The van der Waals surface area contributed by atoms with E-state index in [0.717, 1.165) is 25.7 Å². The maximum absolute atomic E-state index is 11.9. The lowest BCUT2D eigenvalue weighted by atomic mass is 9.98. The first kappa shape index (κ1) is 14.8. The summed E-state index contributed by atoms with van der Waals surface area (Å²) in [5, 5.41) is 20.0. The van der Waals surface area contributed by atoms with E-state index >= 15 is 0 Å². The fourth-order valence-electron chi connectivity index (χ4n) is 2.20. The number of nitrogens with one attached hydrogen (secondary N) is 1. The monoisotopic (exact) mass is 258 g/mol. The quantitative estimate of drug-likeness (QED) is 0.690. The number of rotatable bonds is 4. The molecule has 0 aromatic rings. The lowest BCUT2D eigenvalue weighted by Gasteiger charge is -2.23. The number of urea groups is 1. The highest BCUT2D eigenvalue weighted by molar-refractivity contribution is 5.82. The molecule has 3 N–H and O–H groups in total. The van der Waals surface area contributed by atoms with E-state index in [9.17, 15) is 9.59 Å². The second-order valence-corrected chi connectivity index (χ2v) is 4.72. The predicted octanol–water partition coefficient (Wildman–Crippen LogP) is 0.654. The molecule has 6 heteroatoms. The maximum Gasteiger partial charge on any atom is 0.328 e. The van der Waals surface area contributed by atoms with Crippen LogP contribution in [0.2, 0.25) is 0 Å². The topological polar surface area (TPSA) is 89.9 Å². The first-order valence-electron chi connectivity index (χ1n) is 6.47. The van der Waals surface area contributed by atoms with Crippen molar-refractivity contribution in [3.63, 3.8) is 0 Å². The largest absolute Gasteiger partial charge is 0.480 e. The van der Waals surface area contributed by atoms with Crippen LogP contribution in [-0.2, 0) is 4.79 Å². The summed E-state index contributed by atoms with van der Waals surface area (Å²) in [6, 6.07) is -1.61. The van der Waals surface area contributed by atoms with Crippen LogP contribution >= 0.6 is 0 Å². The maximum atomic E-state index is 11.9. The molecule has 0 saturated carbocycles. The summed E-state index contributed by atoms with van der Waals surface area (Å²) < 4.78 is 0. The highest BCUT2D eigenvalue weighted by atomic mass is 16.4. The molecule has 18 heavy (non-hydrogen) atoms. The van der Waals surface area contributed by atoms with Gasteiger partial charge in [0.1, 0.15) is 0 Å². The molecule has 2 atom stereocenters. The van der Waals surface area contributed by atoms with Crippen molar-refractivity contribution in [2.24, 2.45) is 5.92 Å². The van der Waals surface area contributed by atoms with Gasteiger partial charge in [-0.1, -0.05) is 13.3 Å². The minimum absolute atomic E-state index is 0.395. The number of hydrogen-bond acceptors (Lipinski definition) is 3. The molecule has 1 saturated heterocycles. The van der Waals surface area contributed by atoms with Crippen LogP contribution < -0.4 is 5.32 Å². The van der Waals surface area contributed by atoms with Crippen LogP contribution in [0, 0.1) is 5.92 Å². The number of aliphatic hydroxyl groups is 1. The van der Waals surface area contributed by atoms with Crippen molar-refractivity contribution in [3.05, 3.63) is 0 Å². The van der Waals surface area contributed by atoms with Crippen molar-refractivity contribution in [1.29, 1.82) is 0 Å². The fraction of sp³-hybridized carbons (Fsp3) is 0.833. The molecule has 104 valence electrons. The Bertz CT molecular complexity index is 296. The number of carbonyl (C=O) groups is 2. The van der Waals surface area contributed by atoms with Gasteiger partial charge in [-0.25, -0.2) is 9.59 Å². The van der Waals surface area contributed by atoms with Crippen molar-refractivity contribution in [2.75, 3.05) is 19.7 Å². The van der Waals surface area contributed by atoms with E-state index in [0.29, 0.717) is 19.0 Å². The van der Waals surface area contributed by atoms with Crippen LogP contribution in [0.5, 0.6) is 0 Å². The van der Waals surface area contributed by atoms with Crippen molar-refractivity contribution in [1.82, 2.24) is 10.2 Å². The summed E-state index contributed by atoms with van der Waals surface area (Å²) in [6.45, 7) is 2.86. The normalized spacial score (nSPS) is 22.1. The van der Waals surface area contributed by atoms with Gasteiger partial charge >= 0.3 is 12.0 Å². The zero-order valence-electron chi connectivity index (χ0n) is 10.8. The van der Waals surface area contributed by atoms with Gasteiger partial charge in [-0.3, -0.25) is 0 Å². The summed E-state index contributed by atoms with van der Waals surface area (Å²) in [5.74, 6) is -0.567. The highest BCUT2D eigenvalue weighted by Gasteiger charge is 2.24. The Kier molecular flexibility index (Phi) is 5.91. The zero-order chi connectivity index (χ0) is 13.5. The number of hydrogen-bond donors (Lipinski definition) is 3. The number of carboxylic acids is 1. The van der Waals surface area contributed by atoms with Crippen LogP contribution in [-0.4, -0.2) is 52.9 Å². The summed E-state index contributed by atoms with van der Waals surface area (Å²) in [4.78, 5) is 24.2. The number of aliphatic carboxylic acids is 1. The van der Waals surface area contributed by atoms with Gasteiger partial charge in [0.15, 0.2) is 6.04 Å². The molecular formula is C12H22N2O4. The van der Waals surface area contributed by atoms with Gasteiger partial charge in [0.2, 0.25) is 0 Å². The molecule has 1 aliphatic rings. The van der Waals surface area contributed by atoms with E-state index in [2.05, 4.69) is 12.2 Å². The van der Waals surface area contributed by atoms with Gasteiger partial charge in [-0.05, 0) is 25.2 Å². The third-order valence-corrected chi connectivity index (χ3v) is 3.49.